The van der Waals surface area contributed by atoms with Gasteiger partial charge in [-0.1, -0.05) is 26.8 Å². The Bertz CT molecular complexity index is 335. The fourth-order valence-corrected chi connectivity index (χ4v) is 1.30. The molecule has 14 heavy (non-hydrogen) atoms. The van der Waals surface area contributed by atoms with Gasteiger partial charge in [-0.05, 0) is 35.6 Å². The van der Waals surface area contributed by atoms with Crippen molar-refractivity contribution in [3.05, 3.63) is 29.3 Å². The first-order valence-corrected chi connectivity index (χ1v) is 4.66. The molecule has 2 heteroatoms. The second-order valence-corrected chi connectivity index (χ2v) is 4.50. The molecular weight excluding hydrogens is 176 g/mol. The van der Waals surface area contributed by atoms with Crippen molar-refractivity contribution in [3.8, 4) is 5.75 Å². The molecule has 2 nitrogen and oxygen atoms in total. The molecule has 0 radical (unpaired) electrons. The van der Waals surface area contributed by atoms with Crippen LogP contribution in [0.2, 0.25) is 0 Å². The number of hydrogen-bond acceptors (Lipinski definition) is 2. The maximum atomic E-state index is 10.2. The van der Waals surface area contributed by atoms with Gasteiger partial charge < -0.3 is 4.74 Å². The summed E-state index contributed by atoms with van der Waals surface area (Å²) in [7, 11) is 0. The predicted octanol–water partition coefficient (Wildman–Crippen LogP) is 2.83. The summed E-state index contributed by atoms with van der Waals surface area (Å²) in [5.41, 5.74) is 2.36. The van der Waals surface area contributed by atoms with Gasteiger partial charge in [0.05, 0.1) is 0 Å². The number of carbonyl (C=O) groups is 1. The van der Waals surface area contributed by atoms with Gasteiger partial charge in [-0.2, -0.15) is 0 Å². The third kappa shape index (κ3) is 2.59. The van der Waals surface area contributed by atoms with Crippen molar-refractivity contribution in [3.63, 3.8) is 0 Å². The number of ether oxygens (including phenoxy) is 1. The van der Waals surface area contributed by atoms with E-state index in [1.165, 1.54) is 5.56 Å². The van der Waals surface area contributed by atoms with Crippen LogP contribution in [-0.2, 0) is 10.2 Å². The quantitative estimate of drug-likeness (QED) is 0.673. The van der Waals surface area contributed by atoms with Crippen LogP contribution < -0.4 is 4.74 Å². The van der Waals surface area contributed by atoms with Gasteiger partial charge in [0.25, 0.3) is 6.47 Å². The third-order valence-electron chi connectivity index (χ3n) is 2.10. The Hall–Kier alpha value is -1.31. The van der Waals surface area contributed by atoms with Crippen LogP contribution >= 0.6 is 0 Å². The van der Waals surface area contributed by atoms with E-state index in [0.29, 0.717) is 12.2 Å². The molecule has 0 N–H and O–H groups in total. The highest BCUT2D eigenvalue weighted by atomic mass is 16.5. The van der Waals surface area contributed by atoms with E-state index in [1.807, 2.05) is 19.1 Å². The maximum absolute atomic E-state index is 10.2. The topological polar surface area (TPSA) is 26.3 Å². The monoisotopic (exact) mass is 192 g/mol. The molecule has 0 fully saturated rings. The van der Waals surface area contributed by atoms with Gasteiger partial charge in [-0.15, -0.1) is 0 Å². The van der Waals surface area contributed by atoms with Crippen LogP contribution in [-0.4, -0.2) is 6.47 Å². The van der Waals surface area contributed by atoms with Gasteiger partial charge in [-0.25, -0.2) is 0 Å². The van der Waals surface area contributed by atoms with E-state index in [1.54, 1.807) is 0 Å². The standard InChI is InChI=1S/C12H16O2/c1-9-5-10(12(2,3)4)7-11(6-9)14-8-13/h5-8H,1-4H3. The highest BCUT2D eigenvalue weighted by Crippen LogP contribution is 2.27. The van der Waals surface area contributed by atoms with Crippen molar-refractivity contribution in [2.45, 2.75) is 33.1 Å². The Balaban J connectivity index is 3.13. The summed E-state index contributed by atoms with van der Waals surface area (Å²) in [6, 6.07) is 5.86. The zero-order chi connectivity index (χ0) is 10.8. The molecule has 0 spiro atoms. The summed E-state index contributed by atoms with van der Waals surface area (Å²) in [6.45, 7) is 8.85. The van der Waals surface area contributed by atoms with Crippen LogP contribution in [0.4, 0.5) is 0 Å². The first kappa shape index (κ1) is 10.8. The van der Waals surface area contributed by atoms with Crippen molar-refractivity contribution in [2.75, 3.05) is 0 Å². The van der Waals surface area contributed by atoms with Gasteiger partial charge in [0.2, 0.25) is 0 Å². The fourth-order valence-electron chi connectivity index (χ4n) is 1.30. The number of hydrogen-bond donors (Lipinski definition) is 0. The van der Waals surface area contributed by atoms with Crippen molar-refractivity contribution in [2.24, 2.45) is 0 Å². The predicted molar refractivity (Wildman–Crippen MR) is 56.6 cm³/mol. The molecule has 0 aliphatic heterocycles. The van der Waals surface area contributed by atoms with E-state index in [2.05, 4.69) is 26.8 Å². The van der Waals surface area contributed by atoms with Crippen LogP contribution in [0.1, 0.15) is 31.9 Å². The lowest BCUT2D eigenvalue weighted by molar-refractivity contribution is -0.120. The molecule has 0 atom stereocenters. The average Bonchev–Trinajstić information content (AvgIpc) is 2.02. The van der Waals surface area contributed by atoms with E-state index in [4.69, 9.17) is 4.74 Å². The summed E-state index contributed by atoms with van der Waals surface area (Å²) in [5, 5.41) is 0. The zero-order valence-electron chi connectivity index (χ0n) is 9.13. The van der Waals surface area contributed by atoms with E-state index in [0.717, 1.165) is 5.56 Å². The second kappa shape index (κ2) is 3.82. The number of benzene rings is 1. The second-order valence-electron chi connectivity index (χ2n) is 4.50. The van der Waals surface area contributed by atoms with E-state index >= 15 is 0 Å². The molecule has 0 aliphatic rings. The van der Waals surface area contributed by atoms with Crippen LogP contribution in [0, 0.1) is 6.92 Å². The number of rotatable bonds is 2. The average molecular weight is 192 g/mol. The molecular formula is C12H16O2. The summed E-state index contributed by atoms with van der Waals surface area (Å²) in [4.78, 5) is 10.2. The van der Waals surface area contributed by atoms with Crippen LogP contribution in [0.5, 0.6) is 5.75 Å². The van der Waals surface area contributed by atoms with Crippen molar-refractivity contribution >= 4 is 6.47 Å². The summed E-state index contributed by atoms with van der Waals surface area (Å²) in [5.74, 6) is 0.616. The molecule has 0 aliphatic carbocycles. The van der Waals surface area contributed by atoms with E-state index in [9.17, 15) is 4.79 Å². The van der Waals surface area contributed by atoms with Gasteiger partial charge in [0, 0.05) is 0 Å². The van der Waals surface area contributed by atoms with Crippen molar-refractivity contribution in [1.82, 2.24) is 0 Å². The first-order chi connectivity index (χ1) is 6.43. The Morgan fingerprint density at radius 3 is 2.36 bits per heavy atom. The number of aryl methyl sites for hydroxylation is 1. The molecule has 0 aromatic heterocycles. The molecule has 0 heterocycles. The normalized spacial score (nSPS) is 11.1. The van der Waals surface area contributed by atoms with Crippen LogP contribution in [0.15, 0.2) is 18.2 Å². The molecule has 0 saturated heterocycles. The first-order valence-electron chi connectivity index (χ1n) is 4.66. The van der Waals surface area contributed by atoms with Crippen LogP contribution in [0.3, 0.4) is 0 Å². The van der Waals surface area contributed by atoms with E-state index in [-0.39, 0.29) is 5.41 Å². The summed E-state index contributed by atoms with van der Waals surface area (Å²) in [6.07, 6.45) is 0. The molecule has 1 rings (SSSR count). The lowest BCUT2D eigenvalue weighted by Gasteiger charge is -2.20. The SMILES string of the molecule is Cc1cc(OC=O)cc(C(C)(C)C)c1. The maximum Gasteiger partial charge on any atom is 0.298 e. The minimum atomic E-state index is 0.0764. The highest BCUT2D eigenvalue weighted by molar-refractivity contribution is 5.47. The van der Waals surface area contributed by atoms with Crippen LogP contribution in [0.25, 0.3) is 0 Å². The fraction of sp³-hybridized carbons (Fsp3) is 0.417. The molecule has 1 aromatic rings. The van der Waals surface area contributed by atoms with Gasteiger partial charge in [-0.3, -0.25) is 4.79 Å². The van der Waals surface area contributed by atoms with Crippen molar-refractivity contribution < 1.29 is 9.53 Å². The van der Waals surface area contributed by atoms with Crippen molar-refractivity contribution in [1.29, 1.82) is 0 Å². The minimum absolute atomic E-state index is 0.0764. The van der Waals surface area contributed by atoms with Gasteiger partial charge >= 0.3 is 0 Å². The lowest BCUT2D eigenvalue weighted by atomic mass is 9.86. The molecule has 0 bridgehead atoms. The summed E-state index contributed by atoms with van der Waals surface area (Å²) < 4.78 is 4.84. The Labute approximate surface area is 84.9 Å². The smallest absolute Gasteiger partial charge is 0.298 e. The molecule has 0 amide bonds. The van der Waals surface area contributed by atoms with Gasteiger partial charge in [0.1, 0.15) is 5.75 Å². The Morgan fingerprint density at radius 1 is 1.21 bits per heavy atom. The Kier molecular flexibility index (Phi) is 2.94. The van der Waals surface area contributed by atoms with E-state index < -0.39 is 0 Å². The third-order valence-corrected chi connectivity index (χ3v) is 2.10. The minimum Gasteiger partial charge on any atom is -0.429 e. The summed E-state index contributed by atoms with van der Waals surface area (Å²) >= 11 is 0. The number of carbonyl (C=O) groups excluding carboxylic acids is 1. The molecule has 76 valence electrons. The zero-order valence-corrected chi connectivity index (χ0v) is 9.13. The van der Waals surface area contributed by atoms with Gasteiger partial charge in [0.15, 0.2) is 0 Å². The Morgan fingerprint density at radius 2 is 1.86 bits per heavy atom. The largest absolute Gasteiger partial charge is 0.429 e. The molecule has 1 aromatic carbocycles. The lowest BCUT2D eigenvalue weighted by Crippen LogP contribution is -2.11. The molecule has 0 saturated carbocycles. The molecule has 0 unspecified atom stereocenters. The highest BCUT2D eigenvalue weighted by Gasteiger charge is 2.14.